The number of hydrogen-bond acceptors (Lipinski definition) is 8. The van der Waals surface area contributed by atoms with E-state index in [9.17, 15) is 18.0 Å². The predicted molar refractivity (Wildman–Crippen MR) is 141 cm³/mol. The molecule has 0 radical (unpaired) electrons. The number of benzene rings is 1. The van der Waals surface area contributed by atoms with E-state index in [-0.39, 0.29) is 18.1 Å². The van der Waals surface area contributed by atoms with Crippen LogP contribution in [0.25, 0.3) is 11.3 Å². The Balaban J connectivity index is 1.14. The molecule has 0 aliphatic carbocycles. The van der Waals surface area contributed by atoms with E-state index in [1.54, 1.807) is 36.5 Å². The van der Waals surface area contributed by atoms with Crippen LogP contribution in [-0.2, 0) is 20.4 Å². The first-order valence-corrected chi connectivity index (χ1v) is 13.0. The molecule has 3 aromatic rings. The topological polar surface area (TPSA) is 97.8 Å². The molecule has 40 heavy (non-hydrogen) atoms. The van der Waals surface area contributed by atoms with Gasteiger partial charge in [-0.05, 0) is 50.6 Å². The van der Waals surface area contributed by atoms with E-state index in [0.717, 1.165) is 17.8 Å². The van der Waals surface area contributed by atoms with Gasteiger partial charge in [0, 0.05) is 30.4 Å². The Bertz CT molecular complexity index is 1430. The minimum absolute atomic E-state index is 0.0342. The number of carbonyl (C=O) groups is 1. The zero-order valence-electron chi connectivity index (χ0n) is 21.9. The number of amides is 1. The zero-order valence-corrected chi connectivity index (χ0v) is 21.9. The van der Waals surface area contributed by atoms with E-state index < -0.39 is 23.6 Å². The zero-order chi connectivity index (χ0) is 28.1. The van der Waals surface area contributed by atoms with E-state index >= 15 is 0 Å². The van der Waals surface area contributed by atoms with E-state index in [0.29, 0.717) is 54.8 Å². The highest BCUT2D eigenvalue weighted by Crippen LogP contribution is 2.40. The number of anilines is 3. The highest BCUT2D eigenvalue weighted by atomic mass is 19.4. The molecule has 0 saturated carbocycles. The largest absolute Gasteiger partial charge is 0.491 e. The first-order chi connectivity index (χ1) is 19.0. The van der Waals surface area contributed by atoms with Gasteiger partial charge in [-0.2, -0.15) is 13.2 Å². The molecule has 2 aromatic heterocycles. The van der Waals surface area contributed by atoms with Gasteiger partial charge < -0.3 is 29.7 Å². The Morgan fingerprint density at radius 3 is 2.85 bits per heavy atom. The molecule has 12 heteroatoms. The fraction of sp³-hybridized carbons (Fsp3) is 0.393. The molecule has 2 saturated heterocycles. The molecule has 1 amide bonds. The molecule has 6 rings (SSSR count). The van der Waals surface area contributed by atoms with Crippen molar-refractivity contribution in [2.45, 2.75) is 50.4 Å². The highest BCUT2D eigenvalue weighted by molar-refractivity contribution is 5.98. The van der Waals surface area contributed by atoms with E-state index in [1.165, 1.54) is 6.07 Å². The van der Waals surface area contributed by atoms with Crippen LogP contribution in [0.15, 0.2) is 54.7 Å². The lowest BCUT2D eigenvalue weighted by atomic mass is 10.1. The first-order valence-electron chi connectivity index (χ1n) is 13.0. The van der Waals surface area contributed by atoms with Crippen LogP contribution in [0.2, 0.25) is 0 Å². The van der Waals surface area contributed by atoms with Gasteiger partial charge in [-0.15, -0.1) is 0 Å². The summed E-state index contributed by atoms with van der Waals surface area (Å²) in [5.74, 6) is 0.583. The molecule has 2 fully saturated rings. The summed E-state index contributed by atoms with van der Waals surface area (Å²) in [6.45, 7) is 5.04. The van der Waals surface area contributed by atoms with Crippen LogP contribution in [0, 0.1) is 0 Å². The molecule has 1 unspecified atom stereocenters. The number of halogens is 3. The Labute approximate surface area is 228 Å². The Hall–Kier alpha value is -3.90. The summed E-state index contributed by atoms with van der Waals surface area (Å²) >= 11 is 0. The van der Waals surface area contributed by atoms with Crippen LogP contribution < -0.4 is 20.3 Å². The van der Waals surface area contributed by atoms with Gasteiger partial charge in [0.15, 0.2) is 11.6 Å². The number of hydrogen-bond donors (Lipinski definition) is 2. The van der Waals surface area contributed by atoms with Crippen LogP contribution in [0.3, 0.4) is 0 Å². The summed E-state index contributed by atoms with van der Waals surface area (Å²) in [5, 5.41) is 6.22. The Morgan fingerprint density at radius 2 is 2.08 bits per heavy atom. The number of alkyl halides is 3. The summed E-state index contributed by atoms with van der Waals surface area (Å²) in [6.07, 6.45) is -2.54. The number of carbonyl (C=O) groups excluding carboxylic acids is 1. The second-order valence-electron chi connectivity index (χ2n) is 10.5. The summed E-state index contributed by atoms with van der Waals surface area (Å²) in [6, 6.07) is 11.4. The lowest BCUT2D eigenvalue weighted by molar-refractivity contribution is -0.141. The van der Waals surface area contributed by atoms with Crippen LogP contribution >= 0.6 is 0 Å². The Morgan fingerprint density at radius 1 is 1.23 bits per heavy atom. The number of pyridine rings is 2. The maximum Gasteiger partial charge on any atom is 0.416 e. The van der Waals surface area contributed by atoms with Crippen molar-refractivity contribution in [2.75, 3.05) is 35.3 Å². The molecule has 210 valence electrons. The SMILES string of the molecule is CC1(C)OC[C@H](COc2ccnc(NC(=O)C3C[C@H]4CN3c3ccc(-c5cccc(C(F)(F)F)c5)nc3N4)c2)O1. The van der Waals surface area contributed by atoms with Gasteiger partial charge in [-0.25, -0.2) is 9.97 Å². The van der Waals surface area contributed by atoms with Crippen molar-refractivity contribution in [3.63, 3.8) is 0 Å². The monoisotopic (exact) mass is 555 g/mol. The van der Waals surface area contributed by atoms with Crippen molar-refractivity contribution in [1.82, 2.24) is 9.97 Å². The van der Waals surface area contributed by atoms with Crippen molar-refractivity contribution < 1.29 is 32.2 Å². The van der Waals surface area contributed by atoms with Gasteiger partial charge in [0.2, 0.25) is 5.91 Å². The smallest absolute Gasteiger partial charge is 0.416 e. The molecule has 2 N–H and O–H groups in total. The minimum Gasteiger partial charge on any atom is -0.491 e. The maximum absolute atomic E-state index is 13.3. The van der Waals surface area contributed by atoms with Gasteiger partial charge in [0.1, 0.15) is 30.3 Å². The lowest BCUT2D eigenvalue weighted by Gasteiger charge is -2.30. The van der Waals surface area contributed by atoms with Crippen LogP contribution in [0.4, 0.5) is 30.5 Å². The van der Waals surface area contributed by atoms with E-state index in [1.807, 2.05) is 18.7 Å². The fourth-order valence-electron chi connectivity index (χ4n) is 5.27. The van der Waals surface area contributed by atoms with Gasteiger partial charge in [0.05, 0.1) is 23.6 Å². The van der Waals surface area contributed by atoms with Crippen molar-refractivity contribution in [3.8, 4) is 17.0 Å². The number of fused-ring (bicyclic) bond motifs is 4. The van der Waals surface area contributed by atoms with Crippen molar-refractivity contribution in [2.24, 2.45) is 0 Å². The number of nitrogens with one attached hydrogen (secondary N) is 2. The maximum atomic E-state index is 13.3. The van der Waals surface area contributed by atoms with Crippen molar-refractivity contribution in [3.05, 3.63) is 60.3 Å². The third-order valence-corrected chi connectivity index (χ3v) is 7.10. The second kappa shape index (κ2) is 9.93. The molecule has 3 atom stereocenters. The number of aromatic nitrogens is 2. The van der Waals surface area contributed by atoms with Gasteiger partial charge in [-0.1, -0.05) is 12.1 Å². The van der Waals surface area contributed by atoms with Gasteiger partial charge >= 0.3 is 6.18 Å². The Kier molecular flexibility index (Phi) is 6.54. The standard InChI is InChI=1S/C28H28F3N5O4/c1-27(2)39-15-20(40-27)14-38-19-8-9-32-24(12-19)35-26(37)23-11-18-13-36(23)22-7-6-21(34-25(22)33-18)16-4-3-5-17(10-16)28(29,30)31/h3-10,12,18,20,23H,11,13-15H2,1-2H3,(H,33,34)(H,32,35,37)/t18-,20-,23?/m0/s1. The molecular formula is C28H28F3N5O4. The second-order valence-corrected chi connectivity index (χ2v) is 10.5. The summed E-state index contributed by atoms with van der Waals surface area (Å²) < 4.78 is 56.7. The quantitative estimate of drug-likeness (QED) is 0.452. The summed E-state index contributed by atoms with van der Waals surface area (Å²) in [4.78, 5) is 24.1. The predicted octanol–water partition coefficient (Wildman–Crippen LogP) is 4.70. The molecule has 9 nitrogen and oxygen atoms in total. The third-order valence-electron chi connectivity index (χ3n) is 7.10. The van der Waals surface area contributed by atoms with Crippen molar-refractivity contribution in [1.29, 1.82) is 0 Å². The average molecular weight is 556 g/mol. The number of ether oxygens (including phenoxy) is 3. The van der Waals surface area contributed by atoms with Gasteiger partial charge in [0.25, 0.3) is 0 Å². The number of nitrogens with zero attached hydrogens (tertiary/aromatic N) is 3. The van der Waals surface area contributed by atoms with Crippen LogP contribution in [0.1, 0.15) is 25.8 Å². The molecule has 5 heterocycles. The molecule has 3 aliphatic heterocycles. The van der Waals surface area contributed by atoms with E-state index in [2.05, 4.69) is 20.6 Å². The highest BCUT2D eigenvalue weighted by Gasteiger charge is 2.42. The minimum atomic E-state index is -4.44. The van der Waals surface area contributed by atoms with Crippen LogP contribution in [-0.4, -0.2) is 59.6 Å². The van der Waals surface area contributed by atoms with Gasteiger partial charge in [-0.3, -0.25) is 4.79 Å². The summed E-state index contributed by atoms with van der Waals surface area (Å²) in [5.41, 5.74) is 0.771. The molecular weight excluding hydrogens is 527 g/mol. The molecule has 1 aromatic carbocycles. The molecule has 0 spiro atoms. The number of rotatable bonds is 6. The average Bonchev–Trinajstić information content (AvgIpc) is 3.45. The normalized spacial score (nSPS) is 22.9. The molecule has 2 bridgehead atoms. The van der Waals surface area contributed by atoms with Crippen molar-refractivity contribution >= 4 is 23.2 Å². The van der Waals surface area contributed by atoms with E-state index in [4.69, 9.17) is 14.2 Å². The van der Waals surface area contributed by atoms with Crippen LogP contribution in [0.5, 0.6) is 5.75 Å². The first kappa shape index (κ1) is 26.3. The fourth-order valence-corrected chi connectivity index (χ4v) is 5.27. The third kappa shape index (κ3) is 5.41. The molecule has 3 aliphatic rings. The summed E-state index contributed by atoms with van der Waals surface area (Å²) in [7, 11) is 0. The lowest BCUT2D eigenvalue weighted by Crippen LogP contribution is -2.41.